The summed E-state index contributed by atoms with van der Waals surface area (Å²) in [5.41, 5.74) is 16.5. The predicted octanol–water partition coefficient (Wildman–Crippen LogP) is 2.49. The van der Waals surface area contributed by atoms with Crippen molar-refractivity contribution in [1.29, 1.82) is 5.41 Å². The molecule has 2 rings (SSSR count). The molecular formula is C28H36FN7O4. The molecule has 214 valence electrons. The summed E-state index contributed by atoms with van der Waals surface area (Å²) in [6, 6.07) is 10.6. The van der Waals surface area contributed by atoms with Gasteiger partial charge in [-0.2, -0.15) is 0 Å². The van der Waals surface area contributed by atoms with Crippen LogP contribution in [0.15, 0.2) is 78.8 Å². The first-order valence-electron chi connectivity index (χ1n) is 12.4. The van der Waals surface area contributed by atoms with Crippen LogP contribution < -0.4 is 37.1 Å². The first-order chi connectivity index (χ1) is 19.1. The van der Waals surface area contributed by atoms with Gasteiger partial charge in [-0.05, 0) is 81.3 Å². The molecule has 0 aromatic heterocycles. The fourth-order valence-electron chi connectivity index (χ4n) is 3.37. The van der Waals surface area contributed by atoms with Gasteiger partial charge in [0.2, 0.25) is 0 Å². The molecule has 0 spiro atoms. The minimum atomic E-state index is -1.04. The van der Waals surface area contributed by atoms with Crippen molar-refractivity contribution in [2.45, 2.75) is 13.0 Å². The van der Waals surface area contributed by atoms with Gasteiger partial charge in [-0.15, -0.1) is 0 Å². The van der Waals surface area contributed by atoms with Crippen LogP contribution in [-0.4, -0.2) is 56.4 Å². The zero-order chi connectivity index (χ0) is 29.7. The smallest absolute Gasteiger partial charge is 0.272 e. The van der Waals surface area contributed by atoms with E-state index in [4.69, 9.17) is 26.4 Å². The minimum absolute atomic E-state index is 0.100. The molecule has 1 atom stereocenters. The van der Waals surface area contributed by atoms with E-state index in [1.807, 2.05) is 25.9 Å². The fourth-order valence-corrected chi connectivity index (χ4v) is 3.37. The Morgan fingerprint density at radius 2 is 1.82 bits per heavy atom. The normalized spacial score (nSPS) is 12.3. The first kappa shape index (κ1) is 31.4. The number of carbonyl (C=O) groups is 2. The molecule has 0 saturated carbocycles. The van der Waals surface area contributed by atoms with Crippen molar-refractivity contribution >= 4 is 23.3 Å². The number of anilines is 1. The third-order valence-corrected chi connectivity index (χ3v) is 5.41. The highest BCUT2D eigenvalue weighted by Gasteiger charge is 2.24. The molecule has 0 fully saturated rings. The molecule has 0 bridgehead atoms. The molecule has 8 N–H and O–H groups in total. The number of nitrogens with two attached hydrogens (primary N) is 2. The number of nitrogens with zero attached hydrogens (tertiary/aromatic N) is 1. The van der Waals surface area contributed by atoms with E-state index < -0.39 is 29.3 Å². The van der Waals surface area contributed by atoms with Gasteiger partial charge >= 0.3 is 0 Å². The van der Waals surface area contributed by atoms with Gasteiger partial charge in [0.1, 0.15) is 24.3 Å². The number of nitrogens with one attached hydrogen (secondary N) is 4. The molecule has 11 nitrogen and oxygen atoms in total. The number of hydrogen-bond donors (Lipinski definition) is 6. The average Bonchev–Trinajstić information content (AvgIpc) is 2.93. The number of rotatable bonds is 14. The van der Waals surface area contributed by atoms with Crippen molar-refractivity contribution in [2.24, 2.45) is 11.5 Å². The molecule has 0 aliphatic rings. The largest absolute Gasteiger partial charge is 0.490 e. The van der Waals surface area contributed by atoms with Crippen LogP contribution in [0.2, 0.25) is 0 Å². The number of carbonyl (C=O) groups excluding carboxylic acids is 2. The topological polar surface area (TPSA) is 168 Å². The van der Waals surface area contributed by atoms with Gasteiger partial charge < -0.3 is 31.2 Å². The zero-order valence-corrected chi connectivity index (χ0v) is 22.8. The Morgan fingerprint density at radius 3 is 2.40 bits per heavy atom. The number of nitrogen functional groups attached to an aromatic ring is 1. The van der Waals surface area contributed by atoms with E-state index in [-0.39, 0.29) is 5.84 Å². The van der Waals surface area contributed by atoms with Crippen LogP contribution in [-0.2, 0) is 9.59 Å². The first-order valence-corrected chi connectivity index (χ1v) is 12.4. The van der Waals surface area contributed by atoms with Crippen molar-refractivity contribution < 1.29 is 23.5 Å². The van der Waals surface area contributed by atoms with Crippen molar-refractivity contribution in [1.82, 2.24) is 15.8 Å². The Morgan fingerprint density at radius 1 is 1.12 bits per heavy atom. The van der Waals surface area contributed by atoms with Gasteiger partial charge in [-0.1, -0.05) is 12.6 Å². The summed E-state index contributed by atoms with van der Waals surface area (Å²) in [5, 5.41) is 10.7. The summed E-state index contributed by atoms with van der Waals surface area (Å²) in [6.45, 7) is 6.61. The van der Waals surface area contributed by atoms with E-state index in [0.717, 1.165) is 18.4 Å². The summed E-state index contributed by atoms with van der Waals surface area (Å²) >= 11 is 0. The van der Waals surface area contributed by atoms with Crippen LogP contribution in [0.3, 0.4) is 0 Å². The van der Waals surface area contributed by atoms with Gasteiger partial charge in [0, 0.05) is 17.8 Å². The molecule has 0 saturated heterocycles. The van der Waals surface area contributed by atoms with E-state index in [2.05, 4.69) is 22.7 Å². The SMILES string of the molecule is C=C/C(F)=C(\C=C/N)C(=O)NNC(=O)C(Nc1ccc(C(=N)N)cc1)c1ccc(OCCN(C)C)c(OCC)c1. The lowest BCUT2D eigenvalue weighted by Gasteiger charge is -2.22. The number of likely N-dealkylation sites (N-methyl/N-ethyl adjacent to an activating group) is 1. The van der Waals surface area contributed by atoms with Crippen LogP contribution in [0.1, 0.15) is 24.1 Å². The predicted molar refractivity (Wildman–Crippen MR) is 153 cm³/mol. The third kappa shape index (κ3) is 9.17. The highest BCUT2D eigenvalue weighted by atomic mass is 19.1. The minimum Gasteiger partial charge on any atom is -0.490 e. The van der Waals surface area contributed by atoms with Crippen LogP contribution >= 0.6 is 0 Å². The number of allylic oxidation sites excluding steroid dienone is 2. The van der Waals surface area contributed by atoms with Gasteiger partial charge in [-0.3, -0.25) is 25.8 Å². The van der Waals surface area contributed by atoms with Gasteiger partial charge in [0.05, 0.1) is 12.2 Å². The second-order valence-corrected chi connectivity index (χ2v) is 8.63. The lowest BCUT2D eigenvalue weighted by Crippen LogP contribution is -2.46. The maximum absolute atomic E-state index is 14.1. The fraction of sp³-hybridized carbons (Fsp3) is 0.250. The standard InChI is InChI=1S/C28H36FN7O4/c1-5-22(29)21(13-14-30)27(37)34-35-28(38)25(33-20-10-7-18(8-11-20)26(31)32)19-9-12-23(24(17-19)39-6-2)40-16-15-36(3)4/h5,7-14,17,25,33H,1,6,15-16,30H2,2-4H3,(H3,31,32)(H,34,37)(H,35,38)/b14-13-,22-21-. The number of halogens is 1. The van der Waals surface area contributed by atoms with Crippen molar-refractivity contribution in [3.05, 3.63) is 89.9 Å². The van der Waals surface area contributed by atoms with Crippen molar-refractivity contribution in [2.75, 3.05) is 39.2 Å². The molecule has 0 heterocycles. The number of hydrogen-bond acceptors (Lipinski definition) is 8. The van der Waals surface area contributed by atoms with Crippen LogP contribution in [0.4, 0.5) is 10.1 Å². The molecule has 1 unspecified atom stereocenters. The Hall–Kier alpha value is -4.84. The highest BCUT2D eigenvalue weighted by molar-refractivity contribution is 5.99. The molecule has 0 aliphatic carbocycles. The molecule has 2 aromatic carbocycles. The monoisotopic (exact) mass is 553 g/mol. The Balaban J connectivity index is 2.39. The van der Waals surface area contributed by atoms with Crippen LogP contribution in [0.5, 0.6) is 11.5 Å². The quantitative estimate of drug-likeness (QED) is 0.0682. The maximum Gasteiger partial charge on any atom is 0.272 e. The van der Waals surface area contributed by atoms with Crippen LogP contribution in [0, 0.1) is 5.41 Å². The van der Waals surface area contributed by atoms with Crippen molar-refractivity contribution in [3.8, 4) is 11.5 Å². The van der Waals surface area contributed by atoms with E-state index in [1.54, 1.807) is 42.5 Å². The van der Waals surface area contributed by atoms with Crippen LogP contribution in [0.25, 0.3) is 0 Å². The Bertz CT molecular complexity index is 1260. The van der Waals surface area contributed by atoms with E-state index in [9.17, 15) is 14.0 Å². The average molecular weight is 554 g/mol. The Labute approximate surface area is 233 Å². The number of benzene rings is 2. The summed E-state index contributed by atoms with van der Waals surface area (Å²) in [7, 11) is 3.87. The molecule has 12 heteroatoms. The molecule has 2 aromatic rings. The molecule has 0 radical (unpaired) electrons. The zero-order valence-electron chi connectivity index (χ0n) is 22.8. The molecule has 2 amide bonds. The summed E-state index contributed by atoms with van der Waals surface area (Å²) in [6.07, 6.45) is 2.89. The molecular weight excluding hydrogens is 517 g/mol. The number of amides is 2. The third-order valence-electron chi connectivity index (χ3n) is 5.41. The molecule has 0 aliphatic heterocycles. The maximum atomic E-state index is 14.1. The Kier molecular flexibility index (Phi) is 12.2. The summed E-state index contributed by atoms with van der Waals surface area (Å²) < 4.78 is 25.7. The van der Waals surface area contributed by atoms with E-state index in [1.165, 1.54) is 0 Å². The van der Waals surface area contributed by atoms with Gasteiger partial charge in [0.25, 0.3) is 11.8 Å². The van der Waals surface area contributed by atoms with E-state index >= 15 is 0 Å². The second-order valence-electron chi connectivity index (χ2n) is 8.63. The number of ether oxygens (including phenoxy) is 2. The summed E-state index contributed by atoms with van der Waals surface area (Å²) in [5.74, 6) is -1.68. The highest BCUT2D eigenvalue weighted by Crippen LogP contribution is 2.32. The number of hydrazine groups is 1. The lowest BCUT2D eigenvalue weighted by molar-refractivity contribution is -0.127. The number of amidine groups is 1. The lowest BCUT2D eigenvalue weighted by atomic mass is 10.0. The second kappa shape index (κ2) is 15.5. The van der Waals surface area contributed by atoms with Gasteiger partial charge in [-0.25, -0.2) is 4.39 Å². The van der Waals surface area contributed by atoms with Crippen molar-refractivity contribution in [3.63, 3.8) is 0 Å². The van der Waals surface area contributed by atoms with Gasteiger partial charge in [0.15, 0.2) is 11.5 Å². The molecule has 40 heavy (non-hydrogen) atoms. The van der Waals surface area contributed by atoms with E-state index in [0.29, 0.717) is 48.1 Å². The summed E-state index contributed by atoms with van der Waals surface area (Å²) in [4.78, 5) is 27.9.